The molecule has 0 aliphatic heterocycles. The monoisotopic (exact) mass is 409 g/mol. The summed E-state index contributed by atoms with van der Waals surface area (Å²) in [7, 11) is 0. The van der Waals surface area contributed by atoms with Crippen molar-refractivity contribution in [3.8, 4) is 0 Å². The van der Waals surface area contributed by atoms with Gasteiger partial charge in [-0.3, -0.25) is 14.9 Å². The molecule has 0 heterocycles. The average molecular weight is 410 g/mol. The fraction of sp³-hybridized carbons (Fsp3) is 0.0909. The molecule has 3 aromatic rings. The Morgan fingerprint density at radius 1 is 1.00 bits per heavy atom. The van der Waals surface area contributed by atoms with E-state index in [-0.39, 0.29) is 22.1 Å². The minimum absolute atomic E-state index is 0.0603. The predicted octanol–water partition coefficient (Wildman–Crippen LogP) is 5.34. The number of rotatable bonds is 6. The molecule has 1 unspecified atom stereocenters. The number of carbonyl (C=O) groups is 2. The van der Waals surface area contributed by atoms with E-state index in [1.807, 2.05) is 6.92 Å². The van der Waals surface area contributed by atoms with Crippen molar-refractivity contribution in [2.24, 2.45) is 0 Å². The molecule has 0 bridgehead atoms. The van der Waals surface area contributed by atoms with Crippen molar-refractivity contribution in [3.05, 3.63) is 110 Å². The summed E-state index contributed by atoms with van der Waals surface area (Å²) in [5, 5.41) is 10.7. The highest BCUT2D eigenvalue weighted by molar-refractivity contribution is 6.33. The van der Waals surface area contributed by atoms with E-state index in [2.05, 4.69) is 0 Å². The van der Waals surface area contributed by atoms with Crippen LogP contribution in [-0.4, -0.2) is 16.7 Å². The van der Waals surface area contributed by atoms with E-state index in [1.165, 1.54) is 6.07 Å². The van der Waals surface area contributed by atoms with Crippen molar-refractivity contribution in [1.29, 1.82) is 0 Å². The van der Waals surface area contributed by atoms with E-state index >= 15 is 0 Å². The van der Waals surface area contributed by atoms with Gasteiger partial charge in [0.1, 0.15) is 0 Å². The average Bonchev–Trinajstić information content (AvgIpc) is 2.72. The van der Waals surface area contributed by atoms with Crippen molar-refractivity contribution in [2.45, 2.75) is 13.0 Å². The summed E-state index contributed by atoms with van der Waals surface area (Å²) in [5.74, 6) is -1.23. The number of aryl methyl sites for hydroxylation is 1. The predicted molar refractivity (Wildman–Crippen MR) is 108 cm³/mol. The van der Waals surface area contributed by atoms with Crippen LogP contribution in [0, 0.1) is 17.0 Å². The molecule has 3 aromatic carbocycles. The number of hydrogen-bond acceptors (Lipinski definition) is 5. The zero-order valence-electron chi connectivity index (χ0n) is 15.4. The van der Waals surface area contributed by atoms with Crippen LogP contribution in [0.5, 0.6) is 0 Å². The molecule has 0 aliphatic carbocycles. The van der Waals surface area contributed by atoms with Crippen molar-refractivity contribution >= 4 is 29.0 Å². The Bertz CT molecular complexity index is 1060. The Hall–Kier alpha value is -3.51. The van der Waals surface area contributed by atoms with Crippen LogP contribution in [0.3, 0.4) is 0 Å². The number of carbonyl (C=O) groups excluding carboxylic acids is 2. The molecule has 0 aromatic heterocycles. The van der Waals surface area contributed by atoms with E-state index in [4.69, 9.17) is 16.3 Å². The first-order valence-electron chi connectivity index (χ1n) is 8.67. The van der Waals surface area contributed by atoms with Crippen LogP contribution < -0.4 is 0 Å². The van der Waals surface area contributed by atoms with Crippen molar-refractivity contribution < 1.29 is 19.2 Å². The lowest BCUT2D eigenvalue weighted by Crippen LogP contribution is -2.20. The lowest BCUT2D eigenvalue weighted by molar-refractivity contribution is -0.384. The fourth-order valence-electron chi connectivity index (χ4n) is 2.72. The first kappa shape index (κ1) is 20.2. The second kappa shape index (κ2) is 8.67. The third-order valence-corrected chi connectivity index (χ3v) is 4.60. The molecule has 0 radical (unpaired) electrons. The van der Waals surface area contributed by atoms with Crippen LogP contribution in [0.1, 0.15) is 37.9 Å². The Labute approximate surface area is 171 Å². The molecule has 0 saturated carbocycles. The topological polar surface area (TPSA) is 86.5 Å². The van der Waals surface area contributed by atoms with Crippen molar-refractivity contribution in [2.75, 3.05) is 0 Å². The molecule has 0 spiro atoms. The Kier molecular flexibility index (Phi) is 6.04. The van der Waals surface area contributed by atoms with Crippen molar-refractivity contribution in [3.63, 3.8) is 0 Å². The number of halogens is 1. The van der Waals surface area contributed by atoms with E-state index in [0.717, 1.165) is 17.7 Å². The summed E-state index contributed by atoms with van der Waals surface area (Å²) in [6.45, 7) is 1.90. The summed E-state index contributed by atoms with van der Waals surface area (Å²) >= 11 is 6.02. The number of hydrogen-bond donors (Lipinski definition) is 0. The van der Waals surface area contributed by atoms with Crippen LogP contribution in [0.25, 0.3) is 0 Å². The van der Waals surface area contributed by atoms with Gasteiger partial charge in [-0.1, -0.05) is 71.8 Å². The largest absolute Gasteiger partial charge is 0.445 e. The number of ketones is 1. The third kappa shape index (κ3) is 4.67. The van der Waals surface area contributed by atoms with Gasteiger partial charge in [0.2, 0.25) is 5.78 Å². The zero-order chi connectivity index (χ0) is 21.0. The molecule has 3 rings (SSSR count). The molecule has 0 amide bonds. The van der Waals surface area contributed by atoms with Gasteiger partial charge in [-0.2, -0.15) is 0 Å². The lowest BCUT2D eigenvalue weighted by atomic mass is 9.99. The first-order chi connectivity index (χ1) is 13.9. The molecule has 7 heteroatoms. The SMILES string of the molecule is Cc1ccc(C(=O)C(OC(=O)c2ccc([N+](=O)[O-])cc2Cl)c2ccccc2)cc1. The Morgan fingerprint density at radius 3 is 2.24 bits per heavy atom. The molecule has 0 saturated heterocycles. The number of nitro groups is 1. The number of Topliss-reactive ketones (excluding diaryl/α,β-unsaturated/α-hetero) is 1. The Balaban J connectivity index is 1.93. The van der Waals surface area contributed by atoms with Crippen LogP contribution in [-0.2, 0) is 4.74 Å². The minimum atomic E-state index is -1.18. The van der Waals surface area contributed by atoms with Gasteiger partial charge in [0.05, 0.1) is 15.5 Å². The molecular weight excluding hydrogens is 394 g/mol. The number of non-ortho nitro benzene ring substituents is 1. The molecule has 0 fully saturated rings. The van der Waals surface area contributed by atoms with Crippen LogP contribution in [0.15, 0.2) is 72.8 Å². The summed E-state index contributed by atoms with van der Waals surface area (Å²) in [5.41, 5.74) is 1.58. The highest BCUT2D eigenvalue weighted by Crippen LogP contribution is 2.28. The number of nitrogens with zero attached hydrogens (tertiary/aromatic N) is 1. The number of ether oxygens (including phenoxy) is 1. The van der Waals surface area contributed by atoms with E-state index in [9.17, 15) is 19.7 Å². The number of esters is 1. The molecule has 6 nitrogen and oxygen atoms in total. The van der Waals surface area contributed by atoms with Crippen LogP contribution in [0.2, 0.25) is 5.02 Å². The molecule has 29 heavy (non-hydrogen) atoms. The Morgan fingerprint density at radius 2 is 1.66 bits per heavy atom. The van der Waals surface area contributed by atoms with E-state index in [1.54, 1.807) is 54.6 Å². The maximum absolute atomic E-state index is 13.1. The maximum atomic E-state index is 13.1. The van der Waals surface area contributed by atoms with Gasteiger partial charge in [-0.05, 0) is 13.0 Å². The number of nitro benzene ring substituents is 1. The molecule has 0 N–H and O–H groups in total. The standard InChI is InChI=1S/C22H16ClNO5/c1-14-7-9-15(10-8-14)20(25)21(16-5-3-2-4-6-16)29-22(26)18-12-11-17(24(27)28)13-19(18)23/h2-13,21H,1H3. The second-order valence-electron chi connectivity index (χ2n) is 6.35. The summed E-state index contributed by atoms with van der Waals surface area (Å²) in [6, 6.07) is 19.0. The molecule has 1 atom stereocenters. The highest BCUT2D eigenvalue weighted by Gasteiger charge is 2.28. The normalized spacial score (nSPS) is 11.5. The van der Waals surface area contributed by atoms with E-state index in [0.29, 0.717) is 11.1 Å². The summed E-state index contributed by atoms with van der Waals surface area (Å²) < 4.78 is 5.51. The second-order valence-corrected chi connectivity index (χ2v) is 6.75. The fourth-order valence-corrected chi connectivity index (χ4v) is 2.98. The smallest absolute Gasteiger partial charge is 0.340 e. The van der Waals surface area contributed by atoms with Crippen LogP contribution >= 0.6 is 11.6 Å². The zero-order valence-corrected chi connectivity index (χ0v) is 16.1. The van der Waals surface area contributed by atoms with Crippen molar-refractivity contribution in [1.82, 2.24) is 0 Å². The number of benzene rings is 3. The van der Waals surface area contributed by atoms with Gasteiger partial charge in [0.25, 0.3) is 5.69 Å². The third-order valence-electron chi connectivity index (χ3n) is 4.28. The van der Waals surface area contributed by atoms with E-state index < -0.39 is 17.0 Å². The molecule has 0 aliphatic rings. The van der Waals surface area contributed by atoms with Gasteiger partial charge in [0, 0.05) is 23.3 Å². The summed E-state index contributed by atoms with van der Waals surface area (Å²) in [6.07, 6.45) is -1.18. The van der Waals surface area contributed by atoms with Gasteiger partial charge in [-0.25, -0.2) is 4.79 Å². The van der Waals surface area contributed by atoms with Gasteiger partial charge >= 0.3 is 5.97 Å². The molecular formula is C22H16ClNO5. The lowest BCUT2D eigenvalue weighted by Gasteiger charge is -2.18. The first-order valence-corrected chi connectivity index (χ1v) is 9.05. The van der Waals surface area contributed by atoms with Crippen LogP contribution in [0.4, 0.5) is 5.69 Å². The highest BCUT2D eigenvalue weighted by atomic mass is 35.5. The molecule has 146 valence electrons. The van der Waals surface area contributed by atoms with Gasteiger partial charge < -0.3 is 4.74 Å². The quantitative estimate of drug-likeness (QED) is 0.237. The van der Waals surface area contributed by atoms with Gasteiger partial charge in [0.15, 0.2) is 6.10 Å². The van der Waals surface area contributed by atoms with Gasteiger partial charge in [-0.15, -0.1) is 0 Å². The minimum Gasteiger partial charge on any atom is -0.445 e. The maximum Gasteiger partial charge on any atom is 0.340 e. The summed E-state index contributed by atoms with van der Waals surface area (Å²) in [4.78, 5) is 36.0.